The number of carbonyl (C=O) groups is 1. The van der Waals surface area contributed by atoms with Gasteiger partial charge < -0.3 is 20.1 Å². The van der Waals surface area contributed by atoms with E-state index in [1.807, 2.05) is 115 Å². The Hall–Kier alpha value is -4.88. The van der Waals surface area contributed by atoms with Gasteiger partial charge in [-0.25, -0.2) is 11.3 Å². The molecule has 5 aromatic heterocycles. The number of hydrogen-bond acceptors (Lipinski definition) is 7. The van der Waals surface area contributed by atoms with Gasteiger partial charge in [0.25, 0.3) is 0 Å². The molecule has 0 amide bonds. The van der Waals surface area contributed by atoms with Crippen LogP contribution >= 0.6 is 11.3 Å². The van der Waals surface area contributed by atoms with Crippen molar-refractivity contribution in [3.05, 3.63) is 194 Å². The largest absolute Gasteiger partial charge is 0.512 e. The van der Waals surface area contributed by atoms with Gasteiger partial charge in [-0.05, 0) is 93.8 Å². The van der Waals surface area contributed by atoms with Gasteiger partial charge in [0.15, 0.2) is 5.78 Å². The van der Waals surface area contributed by atoms with Crippen LogP contribution in [-0.4, -0.2) is 30.8 Å². The molecular weight excluding hydrogens is 1260 g/mol. The van der Waals surface area contributed by atoms with Crippen molar-refractivity contribution >= 4 is 49.4 Å². The first-order valence-electron chi connectivity index (χ1n) is 17.1. The molecule has 0 unspecified atom stereocenters. The number of rotatable bonds is 4. The smallest absolute Gasteiger partial charge is 0.155 e. The summed E-state index contributed by atoms with van der Waals surface area (Å²) < 4.78 is 0. The number of carbonyl (C=O) groups excluding carboxylic acids is 1. The van der Waals surface area contributed by atoms with E-state index in [0.717, 1.165) is 38.5 Å². The van der Waals surface area contributed by atoms with Gasteiger partial charge in [-0.15, -0.1) is 47.3 Å². The van der Waals surface area contributed by atoms with Crippen LogP contribution in [0.2, 0.25) is 0 Å². The molecule has 6 nitrogen and oxygen atoms in total. The third kappa shape index (κ3) is 13.1. The number of ketones is 1. The van der Waals surface area contributed by atoms with E-state index < -0.39 is 0 Å². The third-order valence-electron chi connectivity index (χ3n) is 7.96. The second-order valence-corrected chi connectivity index (χ2v) is 12.8. The fraction of sp³-hybridized carbons (Fsp3) is 0.0426. The van der Waals surface area contributed by atoms with Crippen LogP contribution in [0.25, 0.3) is 65.4 Å². The van der Waals surface area contributed by atoms with E-state index in [1.54, 1.807) is 23.7 Å². The third-order valence-corrected chi connectivity index (χ3v) is 8.78. The molecule has 4 aromatic carbocycles. The standard InChI is InChI=1S/C15H10N.C14H9N2.C13H8NS.C5H8O2.3Ir/c1-2-7-13(8-3-1)15-14-9-5-4-6-12(14)10-11-16-15;1-2-4-13-11(3-1)7-10-16-14(13)12-5-8-15-9-6-12;1-2-5-11-10(4-1)7-8-14-13(11)12-6-3-9-15-12;1-4(6)3-5(2)7;;;/h1-7,9-11H;1-5,7-10H;1-5,7-9H;3,6H,1-2H3;;;/q3*-1;;;;. The summed E-state index contributed by atoms with van der Waals surface area (Å²) in [5.41, 5.74) is 5.01. The van der Waals surface area contributed by atoms with Crippen molar-refractivity contribution in [2.75, 3.05) is 0 Å². The summed E-state index contributed by atoms with van der Waals surface area (Å²) in [7, 11) is 0. The van der Waals surface area contributed by atoms with Crippen molar-refractivity contribution in [3.8, 4) is 33.1 Å². The topological polar surface area (TPSA) is 88.9 Å². The van der Waals surface area contributed by atoms with Gasteiger partial charge in [-0.1, -0.05) is 77.7 Å². The van der Waals surface area contributed by atoms with Crippen molar-refractivity contribution < 1.29 is 70.2 Å². The number of benzene rings is 4. The molecule has 0 aliphatic rings. The van der Waals surface area contributed by atoms with Crippen molar-refractivity contribution in [1.29, 1.82) is 0 Å². The molecule has 0 spiro atoms. The average molecular weight is 1300 g/mol. The molecule has 0 saturated heterocycles. The van der Waals surface area contributed by atoms with Gasteiger partial charge in [-0.3, -0.25) is 9.78 Å². The van der Waals surface area contributed by atoms with Gasteiger partial charge >= 0.3 is 0 Å². The molecule has 0 bridgehead atoms. The summed E-state index contributed by atoms with van der Waals surface area (Å²) >= 11 is 1.67. The summed E-state index contributed by atoms with van der Waals surface area (Å²) in [4.78, 5) is 28.4. The van der Waals surface area contributed by atoms with Crippen LogP contribution in [-0.2, 0) is 65.1 Å². The first-order valence-corrected chi connectivity index (χ1v) is 18.0. The summed E-state index contributed by atoms with van der Waals surface area (Å²) in [6.45, 7) is 2.85. The zero-order valence-electron chi connectivity index (χ0n) is 30.7. The first kappa shape index (κ1) is 46.5. The summed E-state index contributed by atoms with van der Waals surface area (Å²) in [5, 5.41) is 17.5. The van der Waals surface area contributed by atoms with E-state index >= 15 is 0 Å². The van der Waals surface area contributed by atoms with Crippen LogP contribution in [0.1, 0.15) is 13.8 Å². The average Bonchev–Trinajstić information content (AvgIpc) is 3.76. The summed E-state index contributed by atoms with van der Waals surface area (Å²) in [6.07, 6.45) is 10.1. The normalized spacial score (nSPS) is 10.1. The number of aliphatic hydroxyl groups excluding tert-OH is 1. The van der Waals surface area contributed by atoms with E-state index in [2.05, 4.69) is 74.5 Å². The maximum Gasteiger partial charge on any atom is 0.155 e. The number of aliphatic hydroxyl groups is 1. The van der Waals surface area contributed by atoms with Crippen molar-refractivity contribution in [3.63, 3.8) is 0 Å². The molecule has 1 N–H and O–H groups in total. The molecule has 9 rings (SSSR count). The number of hydrogen-bond donors (Lipinski definition) is 1. The minimum Gasteiger partial charge on any atom is -0.512 e. The van der Waals surface area contributed by atoms with E-state index in [1.165, 1.54) is 46.9 Å². The summed E-state index contributed by atoms with van der Waals surface area (Å²) in [5.74, 6) is -0.0625. The van der Waals surface area contributed by atoms with Gasteiger partial charge in [0.05, 0.1) is 5.76 Å². The molecule has 57 heavy (non-hydrogen) atoms. The molecule has 3 radical (unpaired) electrons. The molecule has 0 atom stereocenters. The Morgan fingerprint density at radius 2 is 1.05 bits per heavy atom. The molecule has 10 heteroatoms. The summed E-state index contributed by atoms with van der Waals surface area (Å²) in [6, 6.07) is 52.2. The Labute approximate surface area is 377 Å². The van der Waals surface area contributed by atoms with Gasteiger partial charge in [0, 0.05) is 85.0 Å². The molecule has 291 valence electrons. The predicted molar refractivity (Wildman–Crippen MR) is 221 cm³/mol. The van der Waals surface area contributed by atoms with Gasteiger partial charge in [-0.2, -0.15) is 23.8 Å². The first-order chi connectivity index (χ1) is 26.5. The fourth-order valence-electron chi connectivity index (χ4n) is 5.64. The van der Waals surface area contributed by atoms with Crippen LogP contribution in [0, 0.1) is 18.2 Å². The second-order valence-electron chi connectivity index (χ2n) is 11.9. The monoisotopic (exact) mass is 1300 g/mol. The number of allylic oxidation sites excluding steroid dienone is 2. The van der Waals surface area contributed by atoms with Crippen molar-refractivity contribution in [1.82, 2.24) is 19.9 Å². The molecule has 0 aliphatic carbocycles. The second kappa shape index (κ2) is 24.0. The Kier molecular flexibility index (Phi) is 19.6. The van der Waals surface area contributed by atoms with Crippen LogP contribution in [0.15, 0.2) is 176 Å². The van der Waals surface area contributed by atoms with Crippen LogP contribution in [0.5, 0.6) is 0 Å². The molecule has 0 fully saturated rings. The molecule has 0 saturated carbocycles. The maximum absolute atomic E-state index is 10.0. The Balaban J connectivity index is 0.000000207. The molecule has 5 heterocycles. The maximum atomic E-state index is 10.0. The fourth-order valence-corrected chi connectivity index (χ4v) is 6.32. The number of aromatic nitrogens is 4. The van der Waals surface area contributed by atoms with E-state index in [-0.39, 0.29) is 71.9 Å². The SMILES string of the molecule is CC(=O)C=C(C)O.[Ir].[Ir].[Ir].[c-]1ccccc1-c1nccc2ccccc12.[c-]1ccsc1-c1nccc2ccccc12.[c-]1cnccc1-c1nccc2ccccc12. The van der Waals surface area contributed by atoms with Gasteiger partial charge in [0.2, 0.25) is 0 Å². The number of pyridine rings is 4. The zero-order chi connectivity index (χ0) is 37.5. The molecular formula is C47H35Ir3N4O2S-3. The zero-order valence-corrected chi connectivity index (χ0v) is 38.7. The molecule has 0 aliphatic heterocycles. The number of nitrogens with zero attached hydrogens (tertiary/aromatic N) is 4. The number of fused-ring (bicyclic) bond motifs is 3. The number of thiophene rings is 1. The quantitative estimate of drug-likeness (QED) is 0.107. The van der Waals surface area contributed by atoms with Crippen molar-refractivity contribution in [2.24, 2.45) is 0 Å². The minimum absolute atomic E-state index is 0. The molecule has 9 aromatic rings. The Bertz CT molecular complexity index is 2490. The minimum atomic E-state index is -0.125. The Morgan fingerprint density at radius 3 is 1.47 bits per heavy atom. The Morgan fingerprint density at radius 1 is 0.561 bits per heavy atom. The van der Waals surface area contributed by atoms with E-state index in [0.29, 0.717) is 0 Å². The van der Waals surface area contributed by atoms with E-state index in [4.69, 9.17) is 5.11 Å². The van der Waals surface area contributed by atoms with E-state index in [9.17, 15) is 4.79 Å². The van der Waals surface area contributed by atoms with Crippen LogP contribution in [0.3, 0.4) is 0 Å². The van der Waals surface area contributed by atoms with Crippen LogP contribution < -0.4 is 0 Å². The van der Waals surface area contributed by atoms with Crippen LogP contribution in [0.4, 0.5) is 0 Å². The van der Waals surface area contributed by atoms with Gasteiger partial charge in [0.1, 0.15) is 0 Å². The van der Waals surface area contributed by atoms with Crippen molar-refractivity contribution in [2.45, 2.75) is 13.8 Å². The predicted octanol–water partition coefficient (Wildman–Crippen LogP) is 11.6.